The lowest BCUT2D eigenvalue weighted by Crippen LogP contribution is -2.24. The standard InChI is InChI=1S/C20H13Cl4NO3/c1-10-18(20(27)28-2)13(7-11-3-5-14(21)16(23)8-11)19(26)25(10)12-4-6-15(22)17(24)9-12/h3-9H,1-2H3/b13-7-. The highest BCUT2D eigenvalue weighted by atomic mass is 35.5. The molecule has 0 saturated carbocycles. The van der Waals surface area contributed by atoms with E-state index >= 15 is 0 Å². The predicted octanol–water partition coefficient (Wildman–Crippen LogP) is 6.18. The van der Waals surface area contributed by atoms with Crippen molar-refractivity contribution in [2.24, 2.45) is 0 Å². The molecule has 1 aliphatic rings. The lowest BCUT2D eigenvalue weighted by atomic mass is 10.0. The number of esters is 1. The number of ether oxygens (including phenoxy) is 1. The maximum Gasteiger partial charge on any atom is 0.340 e. The van der Waals surface area contributed by atoms with Crippen molar-refractivity contribution in [2.45, 2.75) is 6.92 Å². The molecule has 0 aromatic heterocycles. The zero-order valence-corrected chi connectivity index (χ0v) is 17.7. The number of anilines is 1. The van der Waals surface area contributed by atoms with E-state index in [0.717, 1.165) is 0 Å². The van der Waals surface area contributed by atoms with Gasteiger partial charge in [0.15, 0.2) is 0 Å². The first kappa shape index (κ1) is 20.7. The van der Waals surface area contributed by atoms with E-state index in [4.69, 9.17) is 51.1 Å². The Labute approximate surface area is 181 Å². The van der Waals surface area contributed by atoms with Crippen LogP contribution in [0.2, 0.25) is 20.1 Å². The Morgan fingerprint density at radius 1 is 0.964 bits per heavy atom. The van der Waals surface area contributed by atoms with Gasteiger partial charge in [-0.15, -0.1) is 0 Å². The highest BCUT2D eigenvalue weighted by Crippen LogP contribution is 2.38. The molecule has 0 aliphatic carbocycles. The molecule has 1 heterocycles. The minimum Gasteiger partial charge on any atom is -0.465 e. The smallest absolute Gasteiger partial charge is 0.340 e. The topological polar surface area (TPSA) is 46.6 Å². The highest BCUT2D eigenvalue weighted by Gasteiger charge is 2.38. The number of halogens is 4. The molecule has 4 nitrogen and oxygen atoms in total. The summed E-state index contributed by atoms with van der Waals surface area (Å²) >= 11 is 24.1. The fraction of sp³-hybridized carbons (Fsp3) is 0.100. The Morgan fingerprint density at radius 3 is 2.14 bits per heavy atom. The number of methoxy groups -OCH3 is 1. The third kappa shape index (κ3) is 3.78. The van der Waals surface area contributed by atoms with Gasteiger partial charge in [0.2, 0.25) is 0 Å². The number of allylic oxidation sites excluding steroid dienone is 1. The van der Waals surface area contributed by atoms with Crippen LogP contribution in [0, 0.1) is 0 Å². The number of carbonyl (C=O) groups is 2. The van der Waals surface area contributed by atoms with E-state index < -0.39 is 11.9 Å². The zero-order valence-electron chi connectivity index (χ0n) is 14.7. The van der Waals surface area contributed by atoms with Crippen LogP contribution in [0.3, 0.4) is 0 Å². The molecule has 0 saturated heterocycles. The molecule has 1 aliphatic heterocycles. The van der Waals surface area contributed by atoms with Crippen molar-refractivity contribution in [3.63, 3.8) is 0 Å². The van der Waals surface area contributed by atoms with Crippen LogP contribution in [0.4, 0.5) is 5.69 Å². The molecule has 0 atom stereocenters. The van der Waals surface area contributed by atoms with E-state index in [9.17, 15) is 9.59 Å². The van der Waals surface area contributed by atoms with Gasteiger partial charge in [0.1, 0.15) is 0 Å². The summed E-state index contributed by atoms with van der Waals surface area (Å²) in [6.07, 6.45) is 1.57. The fourth-order valence-electron chi connectivity index (χ4n) is 2.88. The minimum atomic E-state index is -0.625. The molecular formula is C20H13Cl4NO3. The van der Waals surface area contributed by atoms with Gasteiger partial charge in [-0.25, -0.2) is 4.79 Å². The first-order chi connectivity index (χ1) is 13.2. The maximum atomic E-state index is 13.2. The third-order valence-electron chi connectivity index (χ3n) is 4.21. The number of benzene rings is 2. The monoisotopic (exact) mass is 455 g/mol. The summed E-state index contributed by atoms with van der Waals surface area (Å²) in [5, 5.41) is 1.38. The van der Waals surface area contributed by atoms with Crippen LogP contribution in [0.15, 0.2) is 53.2 Å². The van der Waals surface area contributed by atoms with Gasteiger partial charge in [-0.05, 0) is 48.9 Å². The van der Waals surface area contributed by atoms with Gasteiger partial charge in [-0.1, -0.05) is 52.5 Å². The van der Waals surface area contributed by atoms with Crippen molar-refractivity contribution in [3.8, 4) is 0 Å². The minimum absolute atomic E-state index is 0.157. The summed E-state index contributed by atoms with van der Waals surface area (Å²) in [6.45, 7) is 1.66. The lowest BCUT2D eigenvalue weighted by Gasteiger charge is -2.18. The van der Waals surface area contributed by atoms with E-state index in [1.807, 2.05) is 0 Å². The van der Waals surface area contributed by atoms with Crippen molar-refractivity contribution in [1.29, 1.82) is 0 Å². The van der Waals surface area contributed by atoms with Gasteiger partial charge in [0.05, 0.1) is 44.0 Å². The molecule has 0 radical (unpaired) electrons. The maximum absolute atomic E-state index is 13.2. The van der Waals surface area contributed by atoms with Crippen LogP contribution in [-0.4, -0.2) is 19.0 Å². The van der Waals surface area contributed by atoms with E-state index in [1.54, 1.807) is 49.4 Å². The van der Waals surface area contributed by atoms with Gasteiger partial charge in [-0.3, -0.25) is 9.69 Å². The summed E-state index contributed by atoms with van der Waals surface area (Å²) in [4.78, 5) is 27.0. The average molecular weight is 457 g/mol. The fourth-order valence-corrected chi connectivity index (χ4v) is 3.48. The number of carbonyl (C=O) groups excluding carboxylic acids is 2. The molecule has 3 rings (SSSR count). The lowest BCUT2D eigenvalue weighted by molar-refractivity contribution is -0.136. The van der Waals surface area contributed by atoms with Gasteiger partial charge in [0.25, 0.3) is 5.91 Å². The molecular weight excluding hydrogens is 444 g/mol. The summed E-state index contributed by atoms with van der Waals surface area (Å²) in [7, 11) is 1.26. The zero-order chi connectivity index (χ0) is 20.6. The average Bonchev–Trinajstić information content (AvgIpc) is 2.90. The second-order valence-corrected chi connectivity index (χ2v) is 7.55. The molecule has 2 aromatic rings. The predicted molar refractivity (Wildman–Crippen MR) is 113 cm³/mol. The molecule has 0 fully saturated rings. The van der Waals surface area contributed by atoms with E-state index in [0.29, 0.717) is 37.0 Å². The van der Waals surface area contributed by atoms with Gasteiger partial charge < -0.3 is 4.74 Å². The summed E-state index contributed by atoms with van der Waals surface area (Å²) in [6, 6.07) is 9.70. The van der Waals surface area contributed by atoms with Crippen LogP contribution in [0.5, 0.6) is 0 Å². The Balaban J connectivity index is 2.15. The number of amides is 1. The summed E-state index contributed by atoms with van der Waals surface area (Å²) in [5.74, 6) is -1.03. The van der Waals surface area contributed by atoms with Gasteiger partial charge >= 0.3 is 5.97 Å². The van der Waals surface area contributed by atoms with Crippen molar-refractivity contribution in [2.75, 3.05) is 12.0 Å². The van der Waals surface area contributed by atoms with E-state index in [1.165, 1.54) is 12.0 Å². The molecule has 2 aromatic carbocycles. The summed E-state index contributed by atoms with van der Waals surface area (Å²) < 4.78 is 4.88. The third-order valence-corrected chi connectivity index (χ3v) is 5.68. The second-order valence-electron chi connectivity index (χ2n) is 5.92. The molecule has 1 amide bonds. The number of hydrogen-bond acceptors (Lipinski definition) is 3. The van der Waals surface area contributed by atoms with Crippen molar-refractivity contribution < 1.29 is 14.3 Å². The second kappa shape index (κ2) is 8.18. The SMILES string of the molecule is COC(=O)C1=C(C)N(c2ccc(Cl)c(Cl)c2)C(=O)/C1=C\c1ccc(Cl)c(Cl)c1. The quantitative estimate of drug-likeness (QED) is 0.409. The highest BCUT2D eigenvalue weighted by molar-refractivity contribution is 6.42. The van der Waals surface area contributed by atoms with E-state index in [-0.39, 0.29) is 11.1 Å². The van der Waals surface area contributed by atoms with Crippen molar-refractivity contribution in [1.82, 2.24) is 0 Å². The van der Waals surface area contributed by atoms with Gasteiger partial charge in [-0.2, -0.15) is 0 Å². The Bertz CT molecular complexity index is 1060. The first-order valence-corrected chi connectivity index (χ1v) is 9.51. The molecule has 8 heteroatoms. The molecule has 0 spiro atoms. The van der Waals surface area contributed by atoms with Crippen molar-refractivity contribution in [3.05, 3.63) is 78.9 Å². The molecule has 0 N–H and O–H groups in total. The Kier molecular flexibility index (Phi) is 6.06. The normalized spacial score (nSPS) is 15.6. The van der Waals surface area contributed by atoms with E-state index in [2.05, 4.69) is 0 Å². The Morgan fingerprint density at radius 2 is 1.57 bits per heavy atom. The van der Waals surface area contributed by atoms with Crippen LogP contribution in [-0.2, 0) is 14.3 Å². The molecule has 0 unspecified atom stereocenters. The van der Waals surface area contributed by atoms with Crippen LogP contribution in [0.1, 0.15) is 12.5 Å². The number of rotatable bonds is 3. The first-order valence-electron chi connectivity index (χ1n) is 8.00. The largest absolute Gasteiger partial charge is 0.465 e. The molecule has 28 heavy (non-hydrogen) atoms. The number of hydrogen-bond donors (Lipinski definition) is 0. The van der Waals surface area contributed by atoms with Crippen LogP contribution in [0.25, 0.3) is 6.08 Å². The van der Waals surface area contributed by atoms with Crippen molar-refractivity contribution >= 4 is 70.0 Å². The van der Waals surface area contributed by atoms with Crippen LogP contribution >= 0.6 is 46.4 Å². The Hall–Kier alpha value is -1.98. The molecule has 144 valence electrons. The number of nitrogens with zero attached hydrogens (tertiary/aromatic N) is 1. The van der Waals surface area contributed by atoms with Crippen LogP contribution < -0.4 is 4.90 Å². The van der Waals surface area contributed by atoms with Gasteiger partial charge in [0, 0.05) is 5.70 Å². The summed E-state index contributed by atoms with van der Waals surface area (Å²) in [5.41, 5.74) is 1.85. The molecule has 0 bridgehead atoms.